The van der Waals surface area contributed by atoms with Crippen LogP contribution in [0.5, 0.6) is 0 Å². The molecule has 0 aliphatic heterocycles. The molecule has 0 saturated carbocycles. The Morgan fingerprint density at radius 1 is 1.33 bits per heavy atom. The summed E-state index contributed by atoms with van der Waals surface area (Å²) in [5.41, 5.74) is 3.15. The highest BCUT2D eigenvalue weighted by Gasteiger charge is 2.10. The second kappa shape index (κ2) is 4.90. The summed E-state index contributed by atoms with van der Waals surface area (Å²) in [4.78, 5) is 26.9. The summed E-state index contributed by atoms with van der Waals surface area (Å²) in [6.07, 6.45) is -0.267. The molecule has 0 radical (unpaired) electrons. The van der Waals surface area contributed by atoms with Crippen LogP contribution in [0.3, 0.4) is 0 Å². The number of hydrogen-bond acceptors (Lipinski definition) is 3. The van der Waals surface area contributed by atoms with E-state index in [1.165, 1.54) is 10.6 Å². The smallest absolute Gasteiger partial charge is 0.309 e. The zero-order chi connectivity index (χ0) is 15.0. The highest BCUT2D eigenvalue weighted by atomic mass is 16.4. The Kier molecular flexibility index (Phi) is 3.06. The Morgan fingerprint density at radius 3 is 2.86 bits per heavy atom. The number of carboxylic acid groups (broad SMARTS) is 1. The lowest BCUT2D eigenvalue weighted by Crippen LogP contribution is -2.16. The lowest BCUT2D eigenvalue weighted by Gasteiger charge is -1.98. The molecule has 0 spiro atoms. The minimum atomic E-state index is -1.01. The van der Waals surface area contributed by atoms with Gasteiger partial charge in [0.2, 0.25) is 0 Å². The van der Waals surface area contributed by atoms with Crippen LogP contribution in [0.25, 0.3) is 16.9 Å². The summed E-state index contributed by atoms with van der Waals surface area (Å²) >= 11 is 0. The molecule has 0 atom stereocenters. The van der Waals surface area contributed by atoms with Crippen molar-refractivity contribution in [1.29, 1.82) is 0 Å². The SMILES string of the molecule is Cc1cccc(-c2cc3nc(CC(=O)O)cc(=O)n3[nH]2)c1. The van der Waals surface area contributed by atoms with E-state index in [9.17, 15) is 9.59 Å². The first-order chi connectivity index (χ1) is 10.0. The standard InChI is InChI=1S/C15H13N3O3/c1-9-3-2-4-10(5-9)12-8-13-16-11(7-15(20)21)6-14(19)18(13)17-12/h2-6,8,17H,7H2,1H3,(H,20,21). The predicted octanol–water partition coefficient (Wildman–Crippen LogP) is 1.63. The first-order valence-electron chi connectivity index (χ1n) is 6.43. The normalized spacial score (nSPS) is 10.9. The average molecular weight is 283 g/mol. The van der Waals surface area contributed by atoms with Crippen molar-refractivity contribution in [3.63, 3.8) is 0 Å². The van der Waals surface area contributed by atoms with E-state index < -0.39 is 5.97 Å². The average Bonchev–Trinajstić information content (AvgIpc) is 2.82. The molecule has 0 fully saturated rings. The van der Waals surface area contributed by atoms with Crippen molar-refractivity contribution in [3.05, 3.63) is 58.0 Å². The largest absolute Gasteiger partial charge is 0.481 e. The molecule has 21 heavy (non-hydrogen) atoms. The van der Waals surface area contributed by atoms with Gasteiger partial charge in [0.1, 0.15) is 0 Å². The monoisotopic (exact) mass is 283 g/mol. The third-order valence-electron chi connectivity index (χ3n) is 3.16. The topological polar surface area (TPSA) is 87.5 Å². The fourth-order valence-corrected chi connectivity index (χ4v) is 2.25. The number of nitrogens with zero attached hydrogens (tertiary/aromatic N) is 2. The Balaban J connectivity index is 2.14. The third kappa shape index (κ3) is 2.55. The number of rotatable bonds is 3. The van der Waals surface area contributed by atoms with Crippen LogP contribution in [-0.2, 0) is 11.2 Å². The number of aromatic amines is 1. The number of aromatic nitrogens is 3. The van der Waals surface area contributed by atoms with Crippen LogP contribution in [0, 0.1) is 6.92 Å². The van der Waals surface area contributed by atoms with Crippen molar-refractivity contribution in [1.82, 2.24) is 14.6 Å². The molecule has 6 nitrogen and oxygen atoms in total. The molecular weight excluding hydrogens is 270 g/mol. The summed E-state index contributed by atoms with van der Waals surface area (Å²) in [7, 11) is 0. The lowest BCUT2D eigenvalue weighted by atomic mass is 10.1. The van der Waals surface area contributed by atoms with Crippen LogP contribution in [0.1, 0.15) is 11.3 Å². The molecule has 3 aromatic rings. The van der Waals surface area contributed by atoms with E-state index in [4.69, 9.17) is 5.11 Å². The van der Waals surface area contributed by atoms with Gasteiger partial charge in [-0.25, -0.2) is 9.50 Å². The first-order valence-corrected chi connectivity index (χ1v) is 6.43. The number of hydrogen-bond donors (Lipinski definition) is 2. The lowest BCUT2D eigenvalue weighted by molar-refractivity contribution is -0.136. The molecule has 0 aliphatic rings. The second-order valence-electron chi connectivity index (χ2n) is 4.89. The van der Waals surface area contributed by atoms with E-state index in [0.717, 1.165) is 16.8 Å². The molecule has 3 rings (SSSR count). The molecule has 106 valence electrons. The van der Waals surface area contributed by atoms with Crippen molar-refractivity contribution in [2.45, 2.75) is 13.3 Å². The predicted molar refractivity (Wildman–Crippen MR) is 77.3 cm³/mol. The Morgan fingerprint density at radius 2 is 2.14 bits per heavy atom. The molecule has 2 heterocycles. The summed E-state index contributed by atoms with van der Waals surface area (Å²) in [6, 6.07) is 10.8. The van der Waals surface area contributed by atoms with Gasteiger partial charge in [0.15, 0.2) is 5.65 Å². The summed E-state index contributed by atoms with van der Waals surface area (Å²) in [6.45, 7) is 1.99. The van der Waals surface area contributed by atoms with Crippen LogP contribution in [0.4, 0.5) is 0 Å². The van der Waals surface area contributed by atoms with Gasteiger partial charge in [0.25, 0.3) is 5.56 Å². The number of aliphatic carboxylic acids is 1. The van der Waals surface area contributed by atoms with Gasteiger partial charge >= 0.3 is 5.97 Å². The number of carboxylic acids is 1. The fourth-order valence-electron chi connectivity index (χ4n) is 2.25. The molecular formula is C15H13N3O3. The van der Waals surface area contributed by atoms with E-state index in [2.05, 4.69) is 10.1 Å². The van der Waals surface area contributed by atoms with E-state index in [1.807, 2.05) is 31.2 Å². The van der Waals surface area contributed by atoms with Gasteiger partial charge in [0.05, 0.1) is 17.8 Å². The number of aryl methyl sites for hydroxylation is 1. The third-order valence-corrected chi connectivity index (χ3v) is 3.16. The van der Waals surface area contributed by atoms with Crippen molar-refractivity contribution < 1.29 is 9.90 Å². The highest BCUT2D eigenvalue weighted by molar-refractivity contribution is 5.70. The van der Waals surface area contributed by atoms with Crippen molar-refractivity contribution in [2.75, 3.05) is 0 Å². The minimum Gasteiger partial charge on any atom is -0.481 e. The van der Waals surface area contributed by atoms with Crippen LogP contribution in [-0.4, -0.2) is 25.7 Å². The van der Waals surface area contributed by atoms with Gasteiger partial charge in [-0.3, -0.25) is 14.7 Å². The molecule has 0 amide bonds. The van der Waals surface area contributed by atoms with Gasteiger partial charge in [-0.15, -0.1) is 0 Å². The van der Waals surface area contributed by atoms with Crippen LogP contribution >= 0.6 is 0 Å². The molecule has 2 aromatic heterocycles. The zero-order valence-electron chi connectivity index (χ0n) is 11.3. The second-order valence-corrected chi connectivity index (χ2v) is 4.89. The Labute approximate surface area is 119 Å². The number of nitrogens with one attached hydrogen (secondary N) is 1. The van der Waals surface area contributed by atoms with Gasteiger partial charge < -0.3 is 5.11 Å². The molecule has 6 heteroatoms. The fraction of sp³-hybridized carbons (Fsp3) is 0.133. The van der Waals surface area contributed by atoms with Crippen LogP contribution in [0.2, 0.25) is 0 Å². The van der Waals surface area contributed by atoms with E-state index in [1.54, 1.807) is 6.07 Å². The molecule has 2 N–H and O–H groups in total. The molecule has 0 aliphatic carbocycles. The number of benzene rings is 1. The maximum Gasteiger partial charge on any atom is 0.309 e. The maximum atomic E-state index is 12.0. The quantitative estimate of drug-likeness (QED) is 0.764. The Hall–Kier alpha value is -2.89. The van der Waals surface area contributed by atoms with Gasteiger partial charge in [-0.1, -0.05) is 23.8 Å². The summed E-state index contributed by atoms with van der Waals surface area (Å²) in [5.74, 6) is -1.01. The summed E-state index contributed by atoms with van der Waals surface area (Å²) < 4.78 is 1.31. The molecule has 1 aromatic carbocycles. The highest BCUT2D eigenvalue weighted by Crippen LogP contribution is 2.19. The molecule has 0 unspecified atom stereocenters. The van der Waals surface area contributed by atoms with Crippen LogP contribution in [0.15, 0.2) is 41.2 Å². The van der Waals surface area contributed by atoms with Gasteiger partial charge in [-0.2, -0.15) is 0 Å². The number of H-pyrrole nitrogens is 1. The van der Waals surface area contributed by atoms with Crippen molar-refractivity contribution in [3.8, 4) is 11.3 Å². The molecule has 0 saturated heterocycles. The van der Waals surface area contributed by atoms with Gasteiger partial charge in [-0.05, 0) is 18.6 Å². The first kappa shape index (κ1) is 13.1. The van der Waals surface area contributed by atoms with Gasteiger partial charge in [0, 0.05) is 12.1 Å². The number of fused-ring (bicyclic) bond motifs is 1. The minimum absolute atomic E-state index is 0.252. The van der Waals surface area contributed by atoms with Crippen molar-refractivity contribution >= 4 is 11.6 Å². The van der Waals surface area contributed by atoms with Crippen molar-refractivity contribution in [2.24, 2.45) is 0 Å². The summed E-state index contributed by atoms with van der Waals surface area (Å²) in [5, 5.41) is 11.8. The Bertz CT molecular complexity index is 893. The maximum absolute atomic E-state index is 12.0. The van der Waals surface area contributed by atoms with E-state index >= 15 is 0 Å². The molecule has 0 bridgehead atoms. The van der Waals surface area contributed by atoms with E-state index in [-0.39, 0.29) is 17.7 Å². The number of carbonyl (C=O) groups is 1. The zero-order valence-corrected chi connectivity index (χ0v) is 11.3. The van der Waals surface area contributed by atoms with Crippen LogP contribution < -0.4 is 5.56 Å². The van der Waals surface area contributed by atoms with E-state index in [0.29, 0.717) is 5.65 Å².